The topological polar surface area (TPSA) is 170 Å². The van der Waals surface area contributed by atoms with Gasteiger partial charge in [0.15, 0.2) is 0 Å². The third-order valence-corrected chi connectivity index (χ3v) is 3.22. The molecule has 22 heavy (non-hydrogen) atoms. The first-order valence-corrected chi connectivity index (χ1v) is 8.77. The molecule has 14 heteroatoms. The van der Waals surface area contributed by atoms with Gasteiger partial charge >= 0.3 is 75.5 Å². The average molecular weight is 412 g/mol. The molecule has 0 atom stereocenters. The number of hydrogen-bond acceptors (Lipinski definition) is 10. The minimum atomic E-state index is -5.39. The molecule has 122 valence electrons. The minimum absolute atomic E-state index is 0. The molecule has 0 unspecified atom stereocenters. The van der Waals surface area contributed by atoms with Crippen LogP contribution in [-0.2, 0) is 14.7 Å². The van der Waals surface area contributed by atoms with Gasteiger partial charge in [0, 0.05) is 39.3 Å². The number of piperazine rings is 1. The smallest absolute Gasteiger partial charge is 0.822 e. The summed E-state index contributed by atoms with van der Waals surface area (Å²) in [5.74, 6) is -0.312. The van der Waals surface area contributed by atoms with Crippen molar-refractivity contribution in [3.63, 3.8) is 0 Å². The summed E-state index contributed by atoms with van der Waals surface area (Å²) < 4.78 is 39.8. The summed E-state index contributed by atoms with van der Waals surface area (Å²) in [6, 6.07) is 0. The van der Waals surface area contributed by atoms with Gasteiger partial charge in [-0.25, -0.2) is 8.42 Å². The Kier molecular flexibility index (Phi) is 19.3. The quantitative estimate of drug-likeness (QED) is 0.261. The van der Waals surface area contributed by atoms with E-state index in [0.717, 1.165) is 26.2 Å². The number of aliphatic hydroxyl groups excluding tert-OH is 1. The monoisotopic (exact) mass is 412 g/mol. The van der Waals surface area contributed by atoms with E-state index in [0.29, 0.717) is 13.1 Å². The van der Waals surface area contributed by atoms with E-state index in [1.165, 1.54) is 0 Å². The van der Waals surface area contributed by atoms with Crippen molar-refractivity contribution in [2.24, 2.45) is 0 Å². The molecule has 0 saturated carbocycles. The third-order valence-electron chi connectivity index (χ3n) is 2.54. The molecule has 1 rings (SSSR count). The summed E-state index contributed by atoms with van der Waals surface area (Å²) >= 11 is 0. The number of aliphatic hydroxyl groups is 1. The van der Waals surface area contributed by atoms with E-state index in [4.69, 9.17) is 24.4 Å². The number of rotatable bonds is 5. The molecule has 0 aromatic heterocycles. The fourth-order valence-corrected chi connectivity index (χ4v) is 2.10. The van der Waals surface area contributed by atoms with Crippen molar-refractivity contribution in [3.05, 3.63) is 0 Å². The fraction of sp³-hybridized carbons (Fsp3) is 1.00. The number of phosphoric acid groups is 1. The van der Waals surface area contributed by atoms with Crippen LogP contribution in [0.1, 0.15) is 0 Å². The molecule has 1 saturated heterocycles. The zero-order valence-corrected chi connectivity index (χ0v) is 18.3. The predicted molar refractivity (Wildman–Crippen MR) is 73.6 cm³/mol. The molecule has 0 amide bonds. The van der Waals surface area contributed by atoms with Crippen LogP contribution in [0.3, 0.4) is 0 Å². The fourth-order valence-electron chi connectivity index (χ4n) is 1.62. The minimum Gasteiger partial charge on any atom is -0.822 e. The van der Waals surface area contributed by atoms with E-state index >= 15 is 0 Å². The van der Waals surface area contributed by atoms with Crippen LogP contribution >= 0.6 is 7.82 Å². The van der Waals surface area contributed by atoms with Crippen molar-refractivity contribution in [2.75, 3.05) is 51.6 Å². The SMILES string of the molecule is O=P([O-])([O-])[O-].O=S(=O)([O-])CCN1CCN(CCO)CC1.[Ca+2].[Ca+2]. The number of hydrogen-bond donors (Lipinski definition) is 1. The Hall–Kier alpha value is 2.42. The van der Waals surface area contributed by atoms with Crippen LogP contribution in [-0.4, -0.2) is 155 Å². The van der Waals surface area contributed by atoms with Gasteiger partial charge in [0.2, 0.25) is 0 Å². The zero-order valence-electron chi connectivity index (χ0n) is 12.1. The zero-order chi connectivity index (χ0) is 15.8. The Balaban J connectivity index is -0.000000452. The Morgan fingerprint density at radius 2 is 1.27 bits per heavy atom. The Morgan fingerprint density at radius 1 is 0.955 bits per heavy atom. The largest absolute Gasteiger partial charge is 2.00 e. The van der Waals surface area contributed by atoms with Crippen molar-refractivity contribution >= 4 is 93.4 Å². The van der Waals surface area contributed by atoms with E-state index in [9.17, 15) is 13.0 Å². The summed E-state index contributed by atoms with van der Waals surface area (Å²) in [7, 11) is -9.48. The van der Waals surface area contributed by atoms with Gasteiger partial charge < -0.3 is 28.9 Å². The van der Waals surface area contributed by atoms with Crippen LogP contribution < -0.4 is 14.7 Å². The molecule has 0 spiro atoms. The van der Waals surface area contributed by atoms with E-state index in [2.05, 4.69) is 4.90 Å². The number of nitrogens with zero attached hydrogens (tertiary/aromatic N) is 2. The van der Waals surface area contributed by atoms with Gasteiger partial charge in [0.05, 0.1) is 22.5 Å². The van der Waals surface area contributed by atoms with E-state index in [1.807, 2.05) is 4.90 Å². The standard InChI is InChI=1S/C8H18N2O4S.2Ca.H3O4P/c11-7-5-9-1-3-10(4-2-9)6-8-15(12,13)14;;;1-5(2,3)4/h11H,1-8H2,(H,12,13,14);;;(H3,1,2,3,4)/q;2*+2;/p-4. The van der Waals surface area contributed by atoms with Crippen LogP contribution in [0.2, 0.25) is 0 Å². The van der Waals surface area contributed by atoms with Gasteiger partial charge in [-0.05, 0) is 0 Å². The van der Waals surface area contributed by atoms with Gasteiger partial charge in [-0.15, -0.1) is 0 Å². The normalized spacial score (nSPS) is 16.8. The van der Waals surface area contributed by atoms with E-state index in [-0.39, 0.29) is 87.8 Å². The van der Waals surface area contributed by atoms with Crippen LogP contribution in [0.5, 0.6) is 0 Å². The third kappa shape index (κ3) is 22.4. The predicted octanol–water partition coefficient (Wildman–Crippen LogP) is -5.44. The average Bonchev–Trinajstić information content (AvgIpc) is 2.25. The van der Waals surface area contributed by atoms with Gasteiger partial charge in [0.1, 0.15) is 0 Å². The summed E-state index contributed by atoms with van der Waals surface area (Å²) in [6.07, 6.45) is 0. The molecule has 1 aliphatic heterocycles. The van der Waals surface area contributed by atoms with Gasteiger partial charge in [0.25, 0.3) is 0 Å². The molecule has 1 heterocycles. The molecular weight excluding hydrogens is 395 g/mol. The Bertz CT molecular complexity index is 404. The van der Waals surface area contributed by atoms with Crippen molar-refractivity contribution < 1.29 is 37.3 Å². The van der Waals surface area contributed by atoms with E-state index in [1.54, 1.807) is 0 Å². The maximum absolute atomic E-state index is 10.4. The molecule has 1 aliphatic rings. The van der Waals surface area contributed by atoms with Crippen LogP contribution in [0, 0.1) is 0 Å². The van der Waals surface area contributed by atoms with Crippen LogP contribution in [0.25, 0.3) is 0 Å². The Labute approximate surface area is 189 Å². The summed E-state index contributed by atoms with van der Waals surface area (Å²) in [6.45, 7) is 4.28. The molecule has 0 aromatic rings. The van der Waals surface area contributed by atoms with Gasteiger partial charge in [-0.3, -0.25) is 9.80 Å². The van der Waals surface area contributed by atoms with Gasteiger partial charge in [-0.1, -0.05) is 0 Å². The van der Waals surface area contributed by atoms with Crippen LogP contribution in [0.15, 0.2) is 0 Å². The Morgan fingerprint density at radius 3 is 1.55 bits per heavy atom. The molecule has 10 nitrogen and oxygen atoms in total. The molecule has 0 radical (unpaired) electrons. The molecule has 1 N–H and O–H groups in total. The van der Waals surface area contributed by atoms with Crippen molar-refractivity contribution in [1.29, 1.82) is 0 Å². The first-order chi connectivity index (χ1) is 9.01. The first-order valence-electron chi connectivity index (χ1n) is 5.73. The van der Waals surface area contributed by atoms with Gasteiger partial charge in [-0.2, -0.15) is 7.82 Å². The molecule has 1 fully saturated rings. The number of β-amino-alcohol motifs (C(OH)–C–C–N with tert-alkyl or cyclic N) is 1. The van der Waals surface area contributed by atoms with Crippen molar-refractivity contribution in [1.82, 2.24) is 9.80 Å². The summed E-state index contributed by atoms with van der Waals surface area (Å²) in [4.78, 5) is 29.7. The molecule has 0 aliphatic carbocycles. The maximum Gasteiger partial charge on any atom is 2.00 e. The molecule has 0 aromatic carbocycles. The van der Waals surface area contributed by atoms with Crippen molar-refractivity contribution in [3.8, 4) is 0 Å². The second-order valence-corrected chi connectivity index (χ2v) is 6.53. The summed E-state index contributed by atoms with van der Waals surface area (Å²) in [5.41, 5.74) is 0. The van der Waals surface area contributed by atoms with E-state index < -0.39 is 17.9 Å². The second kappa shape index (κ2) is 14.6. The van der Waals surface area contributed by atoms with Crippen LogP contribution in [0.4, 0.5) is 0 Å². The summed E-state index contributed by atoms with van der Waals surface area (Å²) in [5, 5.41) is 8.72. The molecular formula is C8H17Ca2N2O8PS. The molecule has 0 bridgehead atoms. The van der Waals surface area contributed by atoms with Crippen molar-refractivity contribution in [2.45, 2.75) is 0 Å². The second-order valence-electron chi connectivity index (χ2n) is 4.12. The maximum atomic E-state index is 10.4. The first kappa shape index (κ1) is 29.2.